The van der Waals surface area contributed by atoms with Crippen molar-refractivity contribution in [3.8, 4) is 0 Å². The van der Waals surface area contributed by atoms with Gasteiger partial charge >= 0.3 is 0 Å². The van der Waals surface area contributed by atoms with Crippen molar-refractivity contribution in [1.82, 2.24) is 0 Å². The monoisotopic (exact) mass is 528 g/mol. The van der Waals surface area contributed by atoms with Gasteiger partial charge in [0.25, 0.3) is 0 Å². The van der Waals surface area contributed by atoms with Gasteiger partial charge in [-0.25, -0.2) is 0 Å². The molecule has 0 N–H and O–H groups in total. The lowest BCUT2D eigenvalue weighted by Crippen LogP contribution is -2.52. The summed E-state index contributed by atoms with van der Waals surface area (Å²) in [5, 5.41) is 2.93. The largest absolute Gasteiger partial charge is 0.112 e. The van der Waals surface area contributed by atoms with Gasteiger partial charge in [-0.2, -0.15) is 0 Å². The highest BCUT2D eigenvalue weighted by Gasteiger charge is 2.25. The van der Waals surface area contributed by atoms with Gasteiger partial charge < -0.3 is 0 Å². The van der Waals surface area contributed by atoms with Crippen LogP contribution >= 0.6 is 0 Å². The normalized spacial score (nSPS) is 12.0. The van der Waals surface area contributed by atoms with Crippen molar-refractivity contribution in [2.45, 2.75) is 65.5 Å². The molecule has 4 aromatic carbocycles. The van der Waals surface area contributed by atoms with Gasteiger partial charge in [-0.05, 0) is 59.1 Å². The summed E-state index contributed by atoms with van der Waals surface area (Å²) in [4.78, 5) is 0. The molecular formula is C38H44Si. The Morgan fingerprint density at radius 2 is 0.718 bits per heavy atom. The molecule has 4 rings (SSSR count). The smallest absolute Gasteiger partial charge is 0.0654 e. The minimum atomic E-state index is -1.76. The molecule has 0 nitrogen and oxygen atoms in total. The summed E-state index contributed by atoms with van der Waals surface area (Å²) in [6.07, 6.45) is 16.2. The average molecular weight is 529 g/mol. The molecule has 0 amide bonds. The van der Waals surface area contributed by atoms with Gasteiger partial charge in [-0.1, -0.05) is 172 Å². The van der Waals surface area contributed by atoms with Crippen LogP contribution in [0.5, 0.6) is 0 Å². The van der Waals surface area contributed by atoms with Crippen LogP contribution in [0.3, 0.4) is 0 Å². The topological polar surface area (TPSA) is 0 Å². The van der Waals surface area contributed by atoms with Crippen molar-refractivity contribution in [1.29, 1.82) is 0 Å². The first-order valence-electron chi connectivity index (χ1n) is 14.7. The molecule has 0 saturated carbocycles. The molecule has 0 aliphatic heterocycles. The van der Waals surface area contributed by atoms with Crippen LogP contribution < -0.4 is 10.4 Å². The summed E-state index contributed by atoms with van der Waals surface area (Å²) in [5.74, 6) is 0. The highest BCUT2D eigenvalue weighted by atomic mass is 28.3. The Labute approximate surface area is 238 Å². The molecule has 0 heterocycles. The van der Waals surface area contributed by atoms with Crippen molar-refractivity contribution in [2.75, 3.05) is 0 Å². The Hall–Kier alpha value is -3.42. The third-order valence-electron chi connectivity index (χ3n) is 7.80. The van der Waals surface area contributed by atoms with E-state index in [1.807, 2.05) is 0 Å². The van der Waals surface area contributed by atoms with E-state index >= 15 is 0 Å². The first-order valence-corrected chi connectivity index (χ1v) is 17.7. The van der Waals surface area contributed by atoms with E-state index in [9.17, 15) is 0 Å². The van der Waals surface area contributed by atoms with Gasteiger partial charge in [0.2, 0.25) is 0 Å². The van der Waals surface area contributed by atoms with E-state index in [1.165, 1.54) is 82.3 Å². The van der Waals surface area contributed by atoms with Gasteiger partial charge in [0.15, 0.2) is 0 Å². The third-order valence-corrected chi connectivity index (χ3v) is 11.4. The number of unbranched alkanes of at least 4 members (excludes halogenated alkanes) is 2. The SMILES string of the molecule is CCCCc1ccc(C=Cc2ccc([Si](C)(C)c3ccc(C=Cc4ccc(CCCC)cc4)cc3)cc2)cc1. The summed E-state index contributed by atoms with van der Waals surface area (Å²) in [7, 11) is -1.76. The summed E-state index contributed by atoms with van der Waals surface area (Å²) >= 11 is 0. The Bertz CT molecular complexity index is 1230. The standard InChI is InChI=1S/C38H44Si/c1-5-7-9-31-11-15-33(16-12-31)19-21-35-23-27-37(28-24-35)39(3,4)38-29-25-36(26-30-38)22-20-34-17-13-32(14-18-34)10-8-6-2/h11-30H,5-10H2,1-4H3. The predicted octanol–water partition coefficient (Wildman–Crippen LogP) is 9.54. The molecule has 0 aromatic heterocycles. The van der Waals surface area contributed by atoms with Gasteiger partial charge in [0, 0.05) is 0 Å². The van der Waals surface area contributed by atoms with Crippen LogP contribution in [-0.2, 0) is 12.8 Å². The Morgan fingerprint density at radius 3 is 1.00 bits per heavy atom. The van der Waals surface area contributed by atoms with Crippen LogP contribution in [0.25, 0.3) is 24.3 Å². The van der Waals surface area contributed by atoms with Crippen LogP contribution in [0.2, 0.25) is 13.1 Å². The maximum absolute atomic E-state index is 2.45. The maximum atomic E-state index is 2.45. The molecule has 0 fully saturated rings. The number of hydrogen-bond acceptors (Lipinski definition) is 0. The minimum Gasteiger partial charge on any atom is -0.0654 e. The number of hydrogen-bond donors (Lipinski definition) is 0. The molecule has 0 unspecified atom stereocenters. The van der Waals surface area contributed by atoms with E-state index in [2.05, 4.69) is 148 Å². The second-order valence-corrected chi connectivity index (χ2v) is 15.6. The van der Waals surface area contributed by atoms with Crippen molar-refractivity contribution < 1.29 is 0 Å². The highest BCUT2D eigenvalue weighted by molar-refractivity contribution is 7.00. The van der Waals surface area contributed by atoms with Gasteiger partial charge in [0.05, 0.1) is 0 Å². The molecule has 0 saturated heterocycles. The summed E-state index contributed by atoms with van der Waals surface area (Å²) in [6.45, 7) is 9.39. The van der Waals surface area contributed by atoms with E-state index < -0.39 is 8.07 Å². The Balaban J connectivity index is 1.37. The minimum absolute atomic E-state index is 1.18. The first-order chi connectivity index (χ1) is 19.0. The zero-order valence-electron chi connectivity index (χ0n) is 24.3. The molecule has 0 radical (unpaired) electrons. The van der Waals surface area contributed by atoms with Gasteiger partial charge in [0.1, 0.15) is 8.07 Å². The molecule has 39 heavy (non-hydrogen) atoms. The summed E-state index contributed by atoms with van der Waals surface area (Å²) < 4.78 is 0. The maximum Gasteiger partial charge on any atom is 0.112 e. The van der Waals surface area contributed by atoms with Crippen LogP contribution in [0.1, 0.15) is 72.9 Å². The van der Waals surface area contributed by atoms with Crippen LogP contribution in [0, 0.1) is 0 Å². The van der Waals surface area contributed by atoms with Crippen molar-refractivity contribution in [2.24, 2.45) is 0 Å². The lowest BCUT2D eigenvalue weighted by molar-refractivity contribution is 0.795. The fourth-order valence-electron chi connectivity index (χ4n) is 4.93. The molecule has 0 bridgehead atoms. The zero-order valence-corrected chi connectivity index (χ0v) is 25.3. The van der Waals surface area contributed by atoms with E-state index in [-0.39, 0.29) is 0 Å². The van der Waals surface area contributed by atoms with Crippen LogP contribution in [0.15, 0.2) is 97.1 Å². The predicted molar refractivity (Wildman–Crippen MR) is 178 cm³/mol. The average Bonchev–Trinajstić information content (AvgIpc) is 2.98. The lowest BCUT2D eigenvalue weighted by atomic mass is 10.1. The van der Waals surface area contributed by atoms with Crippen molar-refractivity contribution >= 4 is 42.8 Å². The van der Waals surface area contributed by atoms with Gasteiger partial charge in [-0.15, -0.1) is 0 Å². The molecule has 200 valence electrons. The molecule has 4 aromatic rings. The fraction of sp³-hybridized carbons (Fsp3) is 0.263. The Kier molecular flexibility index (Phi) is 10.3. The second-order valence-electron chi connectivity index (χ2n) is 11.2. The molecule has 0 aliphatic rings. The van der Waals surface area contributed by atoms with E-state index in [4.69, 9.17) is 0 Å². The lowest BCUT2D eigenvalue weighted by Gasteiger charge is -2.24. The van der Waals surface area contributed by atoms with Crippen LogP contribution in [0.4, 0.5) is 0 Å². The molecule has 0 aliphatic carbocycles. The van der Waals surface area contributed by atoms with Crippen molar-refractivity contribution in [3.05, 3.63) is 130 Å². The summed E-state index contributed by atoms with van der Waals surface area (Å²) in [6, 6.07) is 36.4. The fourth-order valence-corrected chi connectivity index (χ4v) is 7.26. The first kappa shape index (κ1) is 28.6. The second kappa shape index (κ2) is 14.1. The van der Waals surface area contributed by atoms with E-state index in [0.717, 1.165) is 0 Å². The van der Waals surface area contributed by atoms with E-state index in [0.29, 0.717) is 0 Å². The van der Waals surface area contributed by atoms with E-state index in [1.54, 1.807) is 0 Å². The third kappa shape index (κ3) is 8.28. The molecular weight excluding hydrogens is 485 g/mol. The van der Waals surface area contributed by atoms with Gasteiger partial charge in [-0.3, -0.25) is 0 Å². The highest BCUT2D eigenvalue weighted by Crippen LogP contribution is 2.15. The molecule has 0 atom stereocenters. The van der Waals surface area contributed by atoms with Crippen molar-refractivity contribution in [3.63, 3.8) is 0 Å². The summed E-state index contributed by atoms with van der Waals surface area (Å²) in [5.41, 5.74) is 7.87. The number of aryl methyl sites for hydroxylation is 2. The molecule has 0 spiro atoms. The van der Waals surface area contributed by atoms with Crippen LogP contribution in [-0.4, -0.2) is 8.07 Å². The zero-order chi connectivity index (χ0) is 27.5. The number of benzene rings is 4. The quantitative estimate of drug-likeness (QED) is 0.127. The molecule has 1 heteroatoms. The Morgan fingerprint density at radius 1 is 0.436 bits per heavy atom. The number of rotatable bonds is 12.